The number of aryl methyl sites for hydroxylation is 1. The summed E-state index contributed by atoms with van der Waals surface area (Å²) >= 11 is 5.34. The highest BCUT2D eigenvalue weighted by Gasteiger charge is 2.22. The molecule has 0 aliphatic heterocycles. The summed E-state index contributed by atoms with van der Waals surface area (Å²) in [5.74, 6) is -0.125. The topological polar surface area (TPSA) is 84.2 Å². The molecule has 142 valence electrons. The summed E-state index contributed by atoms with van der Waals surface area (Å²) in [7, 11) is 1.27. The molecule has 0 radical (unpaired) electrons. The lowest BCUT2D eigenvalue weighted by Crippen LogP contribution is -2.16. The fourth-order valence-electron chi connectivity index (χ4n) is 2.39. The number of carbonyl (C=O) groups excluding carboxylic acids is 1. The monoisotopic (exact) mass is 400 g/mol. The Kier molecular flexibility index (Phi) is 6.94. The molecule has 0 amide bonds. The maximum Gasteiger partial charge on any atom is 0.380 e. The molecule has 2 rings (SSSR count). The normalized spacial score (nSPS) is 11.5. The van der Waals surface area contributed by atoms with E-state index >= 15 is 0 Å². The molecule has 0 saturated heterocycles. The first kappa shape index (κ1) is 20.6. The Morgan fingerprint density at radius 1 is 1.23 bits per heavy atom. The largest absolute Gasteiger partial charge is 0.469 e. The molecule has 26 heavy (non-hydrogen) atoms. The lowest BCUT2D eigenvalue weighted by Gasteiger charge is -2.21. The molecular formula is C17H21O7PS. The van der Waals surface area contributed by atoms with Gasteiger partial charge in [-0.2, -0.15) is 0 Å². The van der Waals surface area contributed by atoms with Crippen LogP contribution in [0.4, 0.5) is 0 Å². The first-order valence-corrected chi connectivity index (χ1v) is 10.6. The van der Waals surface area contributed by atoms with E-state index in [1.54, 1.807) is 39.0 Å². The number of hydrogen-bond donors (Lipinski definition) is 0. The van der Waals surface area contributed by atoms with Crippen LogP contribution in [0.25, 0.3) is 11.0 Å². The first-order valence-electron chi connectivity index (χ1n) is 8.05. The molecule has 0 atom stereocenters. The van der Waals surface area contributed by atoms with Crippen molar-refractivity contribution in [2.24, 2.45) is 0 Å². The van der Waals surface area contributed by atoms with Crippen molar-refractivity contribution in [2.45, 2.75) is 27.2 Å². The Labute approximate surface area is 156 Å². The zero-order chi connectivity index (χ0) is 19.3. The van der Waals surface area contributed by atoms with Gasteiger partial charge >= 0.3 is 18.3 Å². The Bertz CT molecular complexity index is 896. The molecule has 0 aliphatic rings. The van der Waals surface area contributed by atoms with Crippen molar-refractivity contribution in [3.8, 4) is 5.75 Å². The number of benzene rings is 1. The maximum absolute atomic E-state index is 12.2. The van der Waals surface area contributed by atoms with Crippen molar-refractivity contribution in [1.82, 2.24) is 0 Å². The van der Waals surface area contributed by atoms with Gasteiger partial charge in [-0.3, -0.25) is 13.8 Å². The summed E-state index contributed by atoms with van der Waals surface area (Å²) in [6, 6.07) is 4.99. The van der Waals surface area contributed by atoms with Crippen LogP contribution < -0.4 is 10.1 Å². The minimum absolute atomic E-state index is 0.145. The molecule has 0 unspecified atom stereocenters. The predicted molar refractivity (Wildman–Crippen MR) is 101 cm³/mol. The van der Waals surface area contributed by atoms with Gasteiger partial charge in [0.25, 0.3) is 0 Å². The Hall–Kier alpha value is -1.73. The van der Waals surface area contributed by atoms with Crippen LogP contribution in [0.15, 0.2) is 27.4 Å². The summed E-state index contributed by atoms with van der Waals surface area (Å²) < 4.78 is 26.6. The van der Waals surface area contributed by atoms with Crippen molar-refractivity contribution < 1.29 is 27.5 Å². The second-order valence-corrected chi connectivity index (χ2v) is 8.21. The van der Waals surface area contributed by atoms with E-state index in [0.29, 0.717) is 35.5 Å². The fraction of sp³-hybridized carbons (Fsp3) is 0.412. The van der Waals surface area contributed by atoms with E-state index in [9.17, 15) is 9.59 Å². The Balaban J connectivity index is 2.43. The van der Waals surface area contributed by atoms with Gasteiger partial charge in [0.1, 0.15) is 11.3 Å². The minimum Gasteiger partial charge on any atom is -0.469 e. The molecule has 0 fully saturated rings. The van der Waals surface area contributed by atoms with Crippen molar-refractivity contribution in [1.29, 1.82) is 0 Å². The molecule has 1 aromatic heterocycles. The van der Waals surface area contributed by atoms with Crippen LogP contribution in [0.2, 0.25) is 0 Å². The zero-order valence-corrected chi connectivity index (χ0v) is 16.8. The second-order valence-electron chi connectivity index (χ2n) is 5.28. The maximum atomic E-state index is 12.2. The molecule has 1 heterocycles. The SMILES string of the molecule is CCOP(=S)(OCC)Oc1ccc2c(C)c(CC(=O)OC)c(=O)oc2c1. The van der Waals surface area contributed by atoms with Crippen molar-refractivity contribution in [3.63, 3.8) is 0 Å². The molecular weight excluding hydrogens is 379 g/mol. The third-order valence-electron chi connectivity index (χ3n) is 3.60. The zero-order valence-electron chi connectivity index (χ0n) is 15.1. The summed E-state index contributed by atoms with van der Waals surface area (Å²) in [5, 5.41) is 0.692. The number of hydrogen-bond acceptors (Lipinski definition) is 8. The summed E-state index contributed by atoms with van der Waals surface area (Å²) in [6.45, 7) is 3.15. The van der Waals surface area contributed by atoms with Crippen molar-refractivity contribution in [3.05, 3.63) is 39.7 Å². The quantitative estimate of drug-likeness (QED) is 0.378. The van der Waals surface area contributed by atoms with Gasteiger partial charge in [0.2, 0.25) is 0 Å². The summed E-state index contributed by atoms with van der Waals surface area (Å²) in [5.41, 5.74) is 0.661. The molecule has 2 aromatic rings. The van der Waals surface area contributed by atoms with E-state index < -0.39 is 18.3 Å². The Morgan fingerprint density at radius 3 is 2.46 bits per heavy atom. The number of carbonyl (C=O) groups is 1. The van der Waals surface area contributed by atoms with Gasteiger partial charge in [0.05, 0.1) is 32.3 Å². The van der Waals surface area contributed by atoms with Gasteiger partial charge in [-0.15, -0.1) is 0 Å². The van der Waals surface area contributed by atoms with E-state index in [0.717, 1.165) is 0 Å². The van der Waals surface area contributed by atoms with Crippen LogP contribution in [-0.4, -0.2) is 26.3 Å². The summed E-state index contributed by atoms with van der Waals surface area (Å²) in [4.78, 5) is 23.7. The van der Waals surface area contributed by atoms with E-state index in [-0.39, 0.29) is 12.0 Å². The van der Waals surface area contributed by atoms with Gasteiger partial charge in [0, 0.05) is 23.3 Å². The molecule has 0 N–H and O–H groups in total. The van der Waals surface area contributed by atoms with Crippen LogP contribution in [-0.2, 0) is 36.8 Å². The van der Waals surface area contributed by atoms with Gasteiger partial charge in [-0.1, -0.05) is 0 Å². The van der Waals surface area contributed by atoms with Gasteiger partial charge in [0.15, 0.2) is 0 Å². The standard InChI is InChI=1S/C17H21O7PS/c1-5-21-25(26,22-6-2)24-12-7-8-13-11(3)14(10-16(18)20-4)17(19)23-15(13)9-12/h7-9H,5-6,10H2,1-4H3. The minimum atomic E-state index is -2.92. The summed E-state index contributed by atoms with van der Waals surface area (Å²) in [6.07, 6.45) is -0.145. The van der Waals surface area contributed by atoms with Crippen LogP contribution in [0, 0.1) is 6.92 Å². The average molecular weight is 400 g/mol. The van der Waals surface area contributed by atoms with Gasteiger partial charge in [-0.05, 0) is 38.5 Å². The third kappa shape index (κ3) is 4.71. The van der Waals surface area contributed by atoms with E-state index in [2.05, 4.69) is 4.74 Å². The lowest BCUT2D eigenvalue weighted by atomic mass is 10.0. The van der Waals surface area contributed by atoms with Gasteiger partial charge < -0.3 is 13.7 Å². The Morgan fingerprint density at radius 2 is 1.88 bits per heavy atom. The van der Waals surface area contributed by atoms with Crippen molar-refractivity contribution in [2.75, 3.05) is 20.3 Å². The number of methoxy groups -OCH3 is 1. The average Bonchev–Trinajstić information content (AvgIpc) is 2.58. The lowest BCUT2D eigenvalue weighted by molar-refractivity contribution is -0.139. The van der Waals surface area contributed by atoms with Crippen LogP contribution >= 0.6 is 6.72 Å². The molecule has 0 saturated carbocycles. The number of esters is 1. The first-order chi connectivity index (χ1) is 12.3. The molecule has 1 aromatic carbocycles. The number of ether oxygens (including phenoxy) is 1. The predicted octanol–water partition coefficient (Wildman–Crippen LogP) is 3.49. The molecule has 0 aliphatic carbocycles. The highest BCUT2D eigenvalue weighted by molar-refractivity contribution is 8.07. The van der Waals surface area contributed by atoms with Crippen LogP contribution in [0.5, 0.6) is 5.75 Å². The van der Waals surface area contributed by atoms with E-state index in [1.807, 2.05) is 0 Å². The van der Waals surface area contributed by atoms with Gasteiger partial charge in [-0.25, -0.2) is 4.79 Å². The third-order valence-corrected chi connectivity index (χ3v) is 6.04. The van der Waals surface area contributed by atoms with Crippen molar-refractivity contribution >= 4 is 35.5 Å². The molecule has 0 spiro atoms. The highest BCUT2D eigenvalue weighted by Crippen LogP contribution is 2.50. The number of rotatable bonds is 8. The highest BCUT2D eigenvalue weighted by atomic mass is 32.5. The molecule has 0 bridgehead atoms. The number of fused-ring (bicyclic) bond motifs is 1. The molecule has 7 nitrogen and oxygen atoms in total. The van der Waals surface area contributed by atoms with Crippen LogP contribution in [0.1, 0.15) is 25.0 Å². The van der Waals surface area contributed by atoms with E-state index in [1.165, 1.54) is 7.11 Å². The van der Waals surface area contributed by atoms with Crippen LogP contribution in [0.3, 0.4) is 0 Å². The fourth-order valence-corrected chi connectivity index (χ4v) is 4.46. The second kappa shape index (κ2) is 8.77. The van der Waals surface area contributed by atoms with E-state index in [4.69, 9.17) is 29.8 Å². The smallest absolute Gasteiger partial charge is 0.380 e. The molecule has 9 heteroatoms.